The minimum atomic E-state index is -1.11. The van der Waals surface area contributed by atoms with Crippen LogP contribution in [0, 0.1) is 0 Å². The van der Waals surface area contributed by atoms with Crippen LogP contribution in [-0.2, 0) is 11.3 Å². The summed E-state index contributed by atoms with van der Waals surface area (Å²) in [7, 11) is -1.11. The minimum Gasteiger partial charge on any atom is -0.423 e. The van der Waals surface area contributed by atoms with E-state index < -0.39 is 18.3 Å². The molecule has 0 aromatic heterocycles. The van der Waals surface area contributed by atoms with Crippen LogP contribution in [0.25, 0.3) is 0 Å². The predicted molar refractivity (Wildman–Crippen MR) is 71.4 cm³/mol. The molecule has 0 aliphatic rings. The Hall–Kier alpha value is -0.875. The van der Waals surface area contributed by atoms with Crippen molar-refractivity contribution in [1.29, 1.82) is 0 Å². The molecule has 0 saturated heterocycles. The first-order valence-electron chi connectivity index (χ1n) is 5.95. The van der Waals surface area contributed by atoms with Crippen molar-refractivity contribution in [2.45, 2.75) is 45.5 Å². The summed E-state index contributed by atoms with van der Waals surface area (Å²) in [4.78, 5) is 0. The second kappa shape index (κ2) is 5.40. The Morgan fingerprint density at radius 2 is 1.61 bits per heavy atom. The largest absolute Gasteiger partial charge is 0.491 e. The van der Waals surface area contributed by atoms with Gasteiger partial charge in [-0.3, -0.25) is 0 Å². The van der Waals surface area contributed by atoms with Crippen LogP contribution in [0.15, 0.2) is 24.3 Å². The van der Waals surface area contributed by atoms with E-state index in [1.807, 2.05) is 0 Å². The van der Waals surface area contributed by atoms with Crippen molar-refractivity contribution >= 4 is 12.6 Å². The van der Waals surface area contributed by atoms with Gasteiger partial charge in [0.05, 0.1) is 17.8 Å². The maximum absolute atomic E-state index is 9.99. The van der Waals surface area contributed by atoms with Crippen LogP contribution >= 0.6 is 0 Å². The lowest BCUT2D eigenvalue weighted by Gasteiger charge is -2.38. The maximum atomic E-state index is 9.99. The highest BCUT2D eigenvalue weighted by Gasteiger charge is 2.39. The van der Waals surface area contributed by atoms with E-state index in [1.165, 1.54) is 0 Å². The Morgan fingerprint density at radius 3 is 2.00 bits per heavy atom. The molecule has 0 heterocycles. The van der Waals surface area contributed by atoms with Crippen LogP contribution in [-0.4, -0.2) is 33.6 Å². The summed E-state index contributed by atoms with van der Waals surface area (Å²) >= 11 is 0. The molecule has 1 rings (SSSR count). The molecular weight excluding hydrogens is 231 g/mol. The molecule has 100 valence electrons. The second-order valence-corrected chi connectivity index (χ2v) is 5.44. The van der Waals surface area contributed by atoms with Crippen molar-refractivity contribution in [3.63, 3.8) is 0 Å². The topological polar surface area (TPSA) is 69.9 Å². The van der Waals surface area contributed by atoms with Crippen LogP contribution < -0.4 is 5.46 Å². The van der Waals surface area contributed by atoms with Crippen molar-refractivity contribution in [2.24, 2.45) is 0 Å². The summed E-state index contributed by atoms with van der Waals surface area (Å²) in [6.45, 7) is 6.67. The van der Waals surface area contributed by atoms with Crippen LogP contribution in [0.4, 0.5) is 0 Å². The summed E-state index contributed by atoms with van der Waals surface area (Å²) in [6, 6.07) is 6.82. The molecule has 0 radical (unpaired) electrons. The molecule has 18 heavy (non-hydrogen) atoms. The summed E-state index contributed by atoms with van der Waals surface area (Å²) < 4.78 is 5.50. The zero-order valence-corrected chi connectivity index (χ0v) is 11.3. The van der Waals surface area contributed by atoms with Gasteiger partial charge in [0.1, 0.15) is 0 Å². The highest BCUT2D eigenvalue weighted by Crippen LogP contribution is 2.25. The molecule has 0 amide bonds. The smallest absolute Gasteiger partial charge is 0.423 e. The van der Waals surface area contributed by atoms with Gasteiger partial charge in [-0.15, -0.1) is 0 Å². The van der Waals surface area contributed by atoms with Gasteiger partial charge in [-0.25, -0.2) is 0 Å². The fourth-order valence-corrected chi connectivity index (χ4v) is 1.28. The third-order valence-electron chi connectivity index (χ3n) is 3.33. The van der Waals surface area contributed by atoms with Gasteiger partial charge in [-0.05, 0) is 38.7 Å². The van der Waals surface area contributed by atoms with Gasteiger partial charge in [0, 0.05) is 0 Å². The number of hydrogen-bond donors (Lipinski definition) is 3. The van der Waals surface area contributed by atoms with Crippen molar-refractivity contribution in [2.75, 3.05) is 0 Å². The molecule has 1 aromatic rings. The van der Waals surface area contributed by atoms with E-state index in [-0.39, 0.29) is 6.61 Å². The molecule has 0 fully saturated rings. The van der Waals surface area contributed by atoms with E-state index in [2.05, 4.69) is 0 Å². The van der Waals surface area contributed by atoms with Gasteiger partial charge in [0.2, 0.25) is 0 Å². The van der Waals surface area contributed by atoms with Crippen LogP contribution in [0.5, 0.6) is 0 Å². The standard InChI is InChI=1S/C13H21BO4/c1-12(2,16)13(3,4)18-14(17)11-7-5-10(9-15)6-8-11/h5-8,15-17H,9H2,1-4H3. The van der Waals surface area contributed by atoms with Gasteiger partial charge in [-0.2, -0.15) is 0 Å². The Balaban J connectivity index is 2.78. The number of hydrogen-bond acceptors (Lipinski definition) is 4. The van der Waals surface area contributed by atoms with E-state index >= 15 is 0 Å². The molecule has 5 heteroatoms. The monoisotopic (exact) mass is 252 g/mol. The third kappa shape index (κ3) is 3.56. The summed E-state index contributed by atoms with van der Waals surface area (Å²) in [6.07, 6.45) is 0. The van der Waals surface area contributed by atoms with Gasteiger partial charge in [0.25, 0.3) is 0 Å². The Morgan fingerprint density at radius 1 is 1.11 bits per heavy atom. The average Bonchev–Trinajstić information content (AvgIpc) is 2.27. The molecule has 0 spiro atoms. The summed E-state index contributed by atoms with van der Waals surface area (Å²) in [5.41, 5.74) is -0.599. The zero-order chi connectivity index (χ0) is 14.0. The van der Waals surface area contributed by atoms with E-state index in [0.717, 1.165) is 5.56 Å². The fourth-order valence-electron chi connectivity index (χ4n) is 1.28. The molecule has 0 unspecified atom stereocenters. The van der Waals surface area contributed by atoms with Crippen LogP contribution in [0.1, 0.15) is 33.3 Å². The molecule has 0 atom stereocenters. The Labute approximate surface area is 108 Å². The number of rotatable bonds is 5. The van der Waals surface area contributed by atoms with Crippen LogP contribution in [0.3, 0.4) is 0 Å². The predicted octanol–water partition coefficient (Wildman–Crippen LogP) is 0.432. The van der Waals surface area contributed by atoms with E-state index in [1.54, 1.807) is 52.0 Å². The minimum absolute atomic E-state index is 0.0353. The molecule has 1 aromatic carbocycles. The van der Waals surface area contributed by atoms with Gasteiger partial charge < -0.3 is 19.9 Å². The molecule has 4 nitrogen and oxygen atoms in total. The van der Waals surface area contributed by atoms with E-state index in [0.29, 0.717) is 5.46 Å². The summed E-state index contributed by atoms with van der Waals surface area (Å²) in [5.74, 6) is 0. The number of aliphatic hydroxyl groups is 2. The highest BCUT2D eigenvalue weighted by molar-refractivity contribution is 6.60. The lowest BCUT2D eigenvalue weighted by Crippen LogP contribution is -2.53. The first-order chi connectivity index (χ1) is 8.17. The van der Waals surface area contributed by atoms with Crippen molar-refractivity contribution < 1.29 is 19.9 Å². The first kappa shape index (κ1) is 15.2. The Kier molecular flexibility index (Phi) is 4.56. The van der Waals surface area contributed by atoms with Gasteiger partial charge >= 0.3 is 7.12 Å². The average molecular weight is 252 g/mol. The first-order valence-corrected chi connectivity index (χ1v) is 5.95. The SMILES string of the molecule is CC(C)(O)C(C)(C)OB(O)c1ccc(CO)cc1. The molecule has 3 N–H and O–H groups in total. The van der Waals surface area contributed by atoms with E-state index in [4.69, 9.17) is 9.76 Å². The van der Waals surface area contributed by atoms with Crippen molar-refractivity contribution in [3.05, 3.63) is 29.8 Å². The lowest BCUT2D eigenvalue weighted by atomic mass is 9.76. The summed E-state index contributed by atoms with van der Waals surface area (Å²) in [5, 5.41) is 28.9. The lowest BCUT2D eigenvalue weighted by molar-refractivity contribution is -0.0982. The van der Waals surface area contributed by atoms with Crippen LogP contribution in [0.2, 0.25) is 0 Å². The molecule has 0 saturated carbocycles. The molecule has 0 bridgehead atoms. The van der Waals surface area contributed by atoms with Gasteiger partial charge in [-0.1, -0.05) is 24.3 Å². The fraction of sp³-hybridized carbons (Fsp3) is 0.538. The van der Waals surface area contributed by atoms with Gasteiger partial charge in [0.15, 0.2) is 0 Å². The molecule has 0 aliphatic heterocycles. The Bertz CT molecular complexity index is 381. The highest BCUT2D eigenvalue weighted by atomic mass is 16.5. The normalized spacial score (nSPS) is 12.6. The van der Waals surface area contributed by atoms with Crippen molar-refractivity contribution in [3.8, 4) is 0 Å². The third-order valence-corrected chi connectivity index (χ3v) is 3.33. The number of benzene rings is 1. The molecule has 0 aliphatic carbocycles. The second-order valence-electron chi connectivity index (χ2n) is 5.44. The zero-order valence-electron chi connectivity index (χ0n) is 11.3. The van der Waals surface area contributed by atoms with Crippen molar-refractivity contribution in [1.82, 2.24) is 0 Å². The molecular formula is C13H21BO4. The van der Waals surface area contributed by atoms with E-state index in [9.17, 15) is 10.1 Å². The number of aliphatic hydroxyl groups excluding tert-OH is 1. The quantitative estimate of drug-likeness (QED) is 0.665. The maximum Gasteiger partial charge on any atom is 0.491 e.